The zero-order chi connectivity index (χ0) is 25.3. The summed E-state index contributed by atoms with van der Waals surface area (Å²) >= 11 is 1.81. The summed E-state index contributed by atoms with van der Waals surface area (Å²) < 4.78 is 0. The van der Waals surface area contributed by atoms with Crippen molar-refractivity contribution >= 4 is 40.5 Å². The molecule has 5 nitrogen and oxygen atoms in total. The Morgan fingerprint density at radius 2 is 1.24 bits per heavy atom. The third-order valence-electron chi connectivity index (χ3n) is 6.58. The second kappa shape index (κ2) is 9.65. The van der Waals surface area contributed by atoms with Crippen LogP contribution < -0.4 is 10.2 Å². The molecule has 1 unspecified atom stereocenters. The maximum Gasteiger partial charge on any atom is 0.169 e. The number of pyridine rings is 1. The summed E-state index contributed by atoms with van der Waals surface area (Å²) in [5, 5.41) is 3.40. The Labute approximate surface area is 225 Å². The summed E-state index contributed by atoms with van der Waals surface area (Å²) in [6, 6.07) is 41.7. The molecule has 1 atom stereocenters. The zero-order valence-electron chi connectivity index (χ0n) is 20.4. The predicted molar refractivity (Wildman–Crippen MR) is 155 cm³/mol. The minimum absolute atomic E-state index is 0.381. The number of amidine groups is 2. The third kappa shape index (κ3) is 4.15. The first-order chi connectivity index (χ1) is 18.8. The van der Waals surface area contributed by atoms with E-state index in [1.165, 1.54) is 21.2 Å². The van der Waals surface area contributed by atoms with Crippen molar-refractivity contribution in [2.75, 3.05) is 4.90 Å². The van der Waals surface area contributed by atoms with Gasteiger partial charge in [-0.05, 0) is 54.1 Å². The van der Waals surface area contributed by atoms with Gasteiger partial charge in [-0.1, -0.05) is 84.6 Å². The Hall–Kier alpha value is -4.68. The van der Waals surface area contributed by atoms with Crippen molar-refractivity contribution in [1.29, 1.82) is 0 Å². The monoisotopic (exact) mass is 509 g/mol. The lowest BCUT2D eigenvalue weighted by Crippen LogP contribution is -2.36. The largest absolute Gasteiger partial charge is 0.323 e. The molecule has 38 heavy (non-hydrogen) atoms. The van der Waals surface area contributed by atoms with E-state index in [1.54, 1.807) is 6.20 Å². The molecule has 6 heteroatoms. The minimum Gasteiger partial charge on any atom is -0.323 e. The summed E-state index contributed by atoms with van der Waals surface area (Å²) in [7, 11) is 0. The maximum absolute atomic E-state index is 4.99. The van der Waals surface area contributed by atoms with Gasteiger partial charge >= 0.3 is 0 Å². The summed E-state index contributed by atoms with van der Waals surface area (Å²) in [5.74, 6) is 1.50. The minimum atomic E-state index is -0.381. The normalized spacial score (nSPS) is 16.0. The molecule has 0 fully saturated rings. The van der Waals surface area contributed by atoms with Gasteiger partial charge in [-0.25, -0.2) is 9.98 Å². The van der Waals surface area contributed by atoms with Crippen molar-refractivity contribution in [1.82, 2.24) is 10.3 Å². The molecule has 0 spiro atoms. The molecule has 4 aromatic carbocycles. The Morgan fingerprint density at radius 1 is 0.605 bits per heavy atom. The van der Waals surface area contributed by atoms with Crippen LogP contribution in [-0.4, -0.2) is 16.7 Å². The fourth-order valence-electron chi connectivity index (χ4n) is 4.75. The highest BCUT2D eigenvalue weighted by molar-refractivity contribution is 7.99. The molecule has 0 amide bonds. The molecule has 7 rings (SSSR count). The van der Waals surface area contributed by atoms with Gasteiger partial charge in [0.2, 0.25) is 0 Å². The van der Waals surface area contributed by atoms with Gasteiger partial charge in [-0.2, -0.15) is 0 Å². The first-order valence-electron chi connectivity index (χ1n) is 12.5. The molecule has 0 radical (unpaired) electrons. The molecule has 0 saturated carbocycles. The quantitative estimate of drug-likeness (QED) is 0.267. The highest BCUT2D eigenvalue weighted by Gasteiger charge is 2.25. The maximum atomic E-state index is 4.99. The first kappa shape index (κ1) is 22.5. The van der Waals surface area contributed by atoms with E-state index in [4.69, 9.17) is 9.98 Å². The van der Waals surface area contributed by atoms with E-state index in [1.807, 2.05) is 48.2 Å². The Kier molecular flexibility index (Phi) is 5.72. The standard InChI is InChI=1S/C32H23N5S/c1-2-10-22(11-3-1)30-34-31(36-32(35-30)25-12-8-9-21-33-25)23-17-19-24(20-18-23)37-26-13-4-6-15-28(26)38-29-16-7-5-14-27(29)37/h1-21,31H,(H,34,35,36). The van der Waals surface area contributed by atoms with Gasteiger partial charge in [-0.3, -0.25) is 4.98 Å². The molecular weight excluding hydrogens is 486 g/mol. The molecular formula is C32H23N5S. The van der Waals surface area contributed by atoms with Gasteiger partial charge in [0.15, 0.2) is 12.0 Å². The Bertz CT molecular complexity index is 1560. The summed E-state index contributed by atoms with van der Waals surface area (Å²) in [5.41, 5.74) is 6.29. The molecule has 5 aromatic rings. The second-order valence-corrected chi connectivity index (χ2v) is 10.1. The smallest absolute Gasteiger partial charge is 0.169 e. The van der Waals surface area contributed by atoms with Gasteiger partial charge < -0.3 is 10.2 Å². The Morgan fingerprint density at radius 3 is 1.92 bits per heavy atom. The van der Waals surface area contributed by atoms with Gasteiger partial charge in [0.25, 0.3) is 0 Å². The van der Waals surface area contributed by atoms with Gasteiger partial charge in [0.05, 0.1) is 11.4 Å². The highest BCUT2D eigenvalue weighted by Crippen LogP contribution is 2.51. The van der Waals surface area contributed by atoms with Crippen LogP contribution in [0.3, 0.4) is 0 Å². The number of aliphatic imine (C=N–C) groups is 2. The van der Waals surface area contributed by atoms with E-state index in [0.717, 1.165) is 28.3 Å². The van der Waals surface area contributed by atoms with Crippen molar-refractivity contribution in [2.45, 2.75) is 16.0 Å². The van der Waals surface area contributed by atoms with E-state index in [0.29, 0.717) is 5.84 Å². The number of hydrogen-bond donors (Lipinski definition) is 1. The highest BCUT2D eigenvalue weighted by atomic mass is 32.2. The van der Waals surface area contributed by atoms with Crippen LogP contribution in [0.4, 0.5) is 17.1 Å². The van der Waals surface area contributed by atoms with Gasteiger partial charge in [0, 0.05) is 27.2 Å². The van der Waals surface area contributed by atoms with Crippen LogP contribution in [0.2, 0.25) is 0 Å². The third-order valence-corrected chi connectivity index (χ3v) is 7.71. The number of benzene rings is 4. The topological polar surface area (TPSA) is 52.9 Å². The summed E-state index contributed by atoms with van der Waals surface area (Å²) in [4.78, 5) is 19.3. The van der Waals surface area contributed by atoms with Gasteiger partial charge in [-0.15, -0.1) is 0 Å². The van der Waals surface area contributed by atoms with Crippen LogP contribution in [-0.2, 0) is 0 Å². The molecule has 182 valence electrons. The van der Waals surface area contributed by atoms with Crippen molar-refractivity contribution in [3.8, 4) is 0 Å². The number of fused-ring (bicyclic) bond motifs is 2. The van der Waals surface area contributed by atoms with E-state index < -0.39 is 0 Å². The van der Waals surface area contributed by atoms with Crippen LogP contribution in [0.5, 0.6) is 0 Å². The number of rotatable bonds is 4. The van der Waals surface area contributed by atoms with Crippen molar-refractivity contribution in [3.05, 3.63) is 144 Å². The number of anilines is 3. The van der Waals surface area contributed by atoms with Crippen LogP contribution in [0.1, 0.15) is 23.0 Å². The predicted octanol–water partition coefficient (Wildman–Crippen LogP) is 7.51. The molecule has 0 bridgehead atoms. The average Bonchev–Trinajstić information content (AvgIpc) is 3.00. The fraction of sp³-hybridized carbons (Fsp3) is 0.0312. The lowest BCUT2D eigenvalue weighted by atomic mass is 10.1. The van der Waals surface area contributed by atoms with Crippen LogP contribution in [0.25, 0.3) is 0 Å². The second-order valence-electron chi connectivity index (χ2n) is 9.00. The lowest BCUT2D eigenvalue weighted by Gasteiger charge is -2.33. The average molecular weight is 510 g/mol. The number of nitrogens with zero attached hydrogens (tertiary/aromatic N) is 4. The van der Waals surface area contributed by atoms with Crippen molar-refractivity contribution in [2.24, 2.45) is 9.98 Å². The van der Waals surface area contributed by atoms with Crippen molar-refractivity contribution < 1.29 is 0 Å². The molecule has 2 aliphatic heterocycles. The van der Waals surface area contributed by atoms with E-state index >= 15 is 0 Å². The van der Waals surface area contributed by atoms with Crippen LogP contribution in [0, 0.1) is 0 Å². The molecule has 1 N–H and O–H groups in total. The lowest BCUT2D eigenvalue weighted by molar-refractivity contribution is 0.754. The number of aromatic nitrogens is 1. The summed E-state index contributed by atoms with van der Waals surface area (Å²) in [6.45, 7) is 0. The Balaban J connectivity index is 1.28. The zero-order valence-corrected chi connectivity index (χ0v) is 21.2. The van der Waals surface area contributed by atoms with Gasteiger partial charge in [0.1, 0.15) is 11.5 Å². The molecule has 0 saturated heterocycles. The number of para-hydroxylation sites is 2. The van der Waals surface area contributed by atoms with E-state index in [2.05, 4.69) is 100 Å². The first-order valence-corrected chi connectivity index (χ1v) is 13.3. The van der Waals surface area contributed by atoms with E-state index in [-0.39, 0.29) is 6.17 Å². The van der Waals surface area contributed by atoms with E-state index in [9.17, 15) is 0 Å². The molecule has 1 aromatic heterocycles. The number of hydrogen-bond acceptors (Lipinski definition) is 6. The SMILES string of the molecule is c1ccc(C2=NC(c3ccc(N4c5ccccc5Sc5ccccc54)cc3)N=C(c3ccccn3)N2)cc1. The fourth-order valence-corrected chi connectivity index (χ4v) is 5.81. The van der Waals surface area contributed by atoms with Crippen LogP contribution >= 0.6 is 11.8 Å². The summed E-state index contributed by atoms with van der Waals surface area (Å²) in [6.07, 6.45) is 1.40. The van der Waals surface area contributed by atoms with Crippen molar-refractivity contribution in [3.63, 3.8) is 0 Å². The molecule has 3 heterocycles. The molecule has 0 aliphatic carbocycles. The van der Waals surface area contributed by atoms with Crippen LogP contribution in [0.15, 0.2) is 147 Å². The number of nitrogens with one attached hydrogen (secondary N) is 1. The molecule has 2 aliphatic rings.